The number of benzene rings is 2. The van der Waals surface area contributed by atoms with Crippen LogP contribution in [0.1, 0.15) is 66.3 Å². The molecule has 0 aliphatic heterocycles. The molecule has 1 unspecified atom stereocenters. The first-order valence-electron chi connectivity index (χ1n) is 9.80. The fourth-order valence-corrected chi connectivity index (χ4v) is 3.34. The van der Waals surface area contributed by atoms with Gasteiger partial charge in [-0.15, -0.1) is 0 Å². The molecule has 1 atom stereocenters. The summed E-state index contributed by atoms with van der Waals surface area (Å²) in [5.74, 6) is -1.02. The highest BCUT2D eigenvalue weighted by Crippen LogP contribution is 2.34. The fourth-order valence-electron chi connectivity index (χ4n) is 3.34. The SMILES string of the molecule is CCCCC(C)Oc1ccc(C2=C(OC(C)=O)C(=O)c3ccccc3C2=O)cc1. The summed E-state index contributed by atoms with van der Waals surface area (Å²) in [6.07, 6.45) is 3.25. The lowest BCUT2D eigenvalue weighted by Gasteiger charge is -2.20. The average Bonchev–Trinajstić information content (AvgIpc) is 2.71. The Balaban J connectivity index is 1.96. The van der Waals surface area contributed by atoms with Gasteiger partial charge in [0.05, 0.1) is 11.7 Å². The molecular formula is C24H24O5. The molecular weight excluding hydrogens is 368 g/mol. The first-order valence-corrected chi connectivity index (χ1v) is 9.80. The summed E-state index contributed by atoms with van der Waals surface area (Å²) in [4.78, 5) is 37.6. The molecule has 0 saturated carbocycles. The van der Waals surface area contributed by atoms with Crippen molar-refractivity contribution in [2.24, 2.45) is 0 Å². The van der Waals surface area contributed by atoms with Gasteiger partial charge in [-0.3, -0.25) is 14.4 Å². The van der Waals surface area contributed by atoms with Gasteiger partial charge in [0.15, 0.2) is 11.5 Å². The molecule has 0 radical (unpaired) electrons. The predicted octanol–water partition coefficient (Wildman–Crippen LogP) is 5.00. The molecule has 150 valence electrons. The highest BCUT2D eigenvalue weighted by molar-refractivity contribution is 6.40. The van der Waals surface area contributed by atoms with Crippen LogP contribution in [0.2, 0.25) is 0 Å². The second-order valence-corrected chi connectivity index (χ2v) is 7.10. The summed E-state index contributed by atoms with van der Waals surface area (Å²) in [5.41, 5.74) is 1.14. The molecule has 2 aromatic carbocycles. The number of hydrogen-bond donors (Lipinski definition) is 0. The van der Waals surface area contributed by atoms with E-state index in [1.54, 1.807) is 48.5 Å². The lowest BCUT2D eigenvalue weighted by atomic mass is 9.85. The Hall–Kier alpha value is -3.21. The molecule has 0 saturated heterocycles. The van der Waals surface area contributed by atoms with Gasteiger partial charge < -0.3 is 9.47 Å². The normalized spacial score (nSPS) is 14.4. The lowest BCUT2D eigenvalue weighted by Crippen LogP contribution is -2.24. The first kappa shape index (κ1) is 20.5. The van der Waals surface area contributed by atoms with Gasteiger partial charge >= 0.3 is 5.97 Å². The fraction of sp³-hybridized carbons (Fsp3) is 0.292. The number of allylic oxidation sites excluding steroid dienone is 2. The Morgan fingerprint density at radius 2 is 1.59 bits per heavy atom. The number of unbranched alkanes of at least 4 members (excludes halogenated alkanes) is 1. The quantitative estimate of drug-likeness (QED) is 0.620. The highest BCUT2D eigenvalue weighted by atomic mass is 16.5. The van der Waals surface area contributed by atoms with Crippen LogP contribution in [0.15, 0.2) is 54.3 Å². The van der Waals surface area contributed by atoms with Crippen molar-refractivity contribution in [3.8, 4) is 5.75 Å². The van der Waals surface area contributed by atoms with Crippen molar-refractivity contribution in [2.45, 2.75) is 46.1 Å². The molecule has 5 nitrogen and oxygen atoms in total. The van der Waals surface area contributed by atoms with Crippen LogP contribution in [0, 0.1) is 0 Å². The van der Waals surface area contributed by atoms with Gasteiger partial charge in [0.1, 0.15) is 5.75 Å². The number of rotatable bonds is 7. The number of ether oxygens (including phenoxy) is 2. The van der Waals surface area contributed by atoms with Crippen LogP contribution < -0.4 is 4.74 Å². The van der Waals surface area contributed by atoms with Gasteiger partial charge in [-0.1, -0.05) is 56.2 Å². The zero-order valence-corrected chi connectivity index (χ0v) is 16.9. The number of fused-ring (bicyclic) bond motifs is 1. The van der Waals surface area contributed by atoms with Crippen molar-refractivity contribution < 1.29 is 23.9 Å². The molecule has 0 N–H and O–H groups in total. The van der Waals surface area contributed by atoms with E-state index < -0.39 is 11.8 Å². The van der Waals surface area contributed by atoms with E-state index in [-0.39, 0.29) is 28.8 Å². The summed E-state index contributed by atoms with van der Waals surface area (Å²) >= 11 is 0. The maximum Gasteiger partial charge on any atom is 0.308 e. The Morgan fingerprint density at radius 3 is 2.17 bits per heavy atom. The van der Waals surface area contributed by atoms with E-state index in [9.17, 15) is 14.4 Å². The minimum absolute atomic E-state index is 0.0846. The molecule has 0 spiro atoms. The van der Waals surface area contributed by atoms with E-state index in [1.165, 1.54) is 6.92 Å². The molecule has 1 aliphatic carbocycles. The minimum Gasteiger partial charge on any atom is -0.491 e. The van der Waals surface area contributed by atoms with E-state index in [2.05, 4.69) is 6.92 Å². The maximum atomic E-state index is 13.1. The number of carbonyl (C=O) groups is 3. The van der Waals surface area contributed by atoms with Crippen LogP contribution in [0.4, 0.5) is 0 Å². The number of hydrogen-bond acceptors (Lipinski definition) is 5. The third kappa shape index (κ3) is 4.45. The second-order valence-electron chi connectivity index (χ2n) is 7.10. The molecule has 0 aromatic heterocycles. The van der Waals surface area contributed by atoms with Crippen LogP contribution in [0.5, 0.6) is 5.75 Å². The summed E-state index contributed by atoms with van der Waals surface area (Å²) in [6.45, 7) is 5.36. The zero-order valence-electron chi connectivity index (χ0n) is 16.9. The lowest BCUT2D eigenvalue weighted by molar-refractivity contribution is -0.136. The summed E-state index contributed by atoms with van der Waals surface area (Å²) in [5, 5.41) is 0. The van der Waals surface area contributed by atoms with Gasteiger partial charge in [-0.2, -0.15) is 0 Å². The Labute approximate surface area is 170 Å². The monoisotopic (exact) mass is 392 g/mol. The topological polar surface area (TPSA) is 69.7 Å². The van der Waals surface area contributed by atoms with Crippen molar-refractivity contribution in [1.29, 1.82) is 0 Å². The molecule has 5 heteroatoms. The van der Waals surface area contributed by atoms with Crippen molar-refractivity contribution in [3.63, 3.8) is 0 Å². The van der Waals surface area contributed by atoms with Crippen molar-refractivity contribution >= 4 is 23.1 Å². The Morgan fingerprint density at radius 1 is 0.966 bits per heavy atom. The number of carbonyl (C=O) groups excluding carboxylic acids is 3. The standard InChI is InChI=1S/C24H24O5/c1-4-5-8-15(2)28-18-13-11-17(12-14-18)21-22(26)19-9-6-7-10-20(19)23(27)24(21)29-16(3)25/h6-7,9-15H,4-5,8H2,1-3H3. The smallest absolute Gasteiger partial charge is 0.308 e. The van der Waals surface area contributed by atoms with Crippen molar-refractivity contribution in [3.05, 3.63) is 71.0 Å². The second kappa shape index (κ2) is 8.86. The Kier molecular flexibility index (Phi) is 6.27. The molecule has 0 fully saturated rings. The van der Waals surface area contributed by atoms with Gasteiger partial charge in [0.2, 0.25) is 5.78 Å². The van der Waals surface area contributed by atoms with Gasteiger partial charge in [0.25, 0.3) is 0 Å². The largest absolute Gasteiger partial charge is 0.491 e. The summed E-state index contributed by atoms with van der Waals surface area (Å²) < 4.78 is 11.1. The van der Waals surface area contributed by atoms with Gasteiger partial charge in [-0.25, -0.2) is 0 Å². The van der Waals surface area contributed by atoms with E-state index in [0.29, 0.717) is 16.9 Å². The zero-order chi connectivity index (χ0) is 21.0. The number of Topliss-reactive ketones (excluding diaryl/α,β-unsaturated/α-hetero) is 2. The predicted molar refractivity (Wildman–Crippen MR) is 110 cm³/mol. The summed E-state index contributed by atoms with van der Waals surface area (Å²) in [6, 6.07) is 13.5. The van der Waals surface area contributed by atoms with Gasteiger partial charge in [-0.05, 0) is 31.0 Å². The van der Waals surface area contributed by atoms with E-state index in [1.807, 2.05) is 6.92 Å². The molecule has 0 bridgehead atoms. The number of esters is 1. The van der Waals surface area contributed by atoms with Crippen LogP contribution in [0.3, 0.4) is 0 Å². The Bertz CT molecular complexity index is 969. The van der Waals surface area contributed by atoms with E-state index in [0.717, 1.165) is 19.3 Å². The summed E-state index contributed by atoms with van der Waals surface area (Å²) in [7, 11) is 0. The minimum atomic E-state index is -0.650. The molecule has 0 heterocycles. The van der Waals surface area contributed by atoms with Crippen molar-refractivity contribution in [2.75, 3.05) is 0 Å². The third-order valence-corrected chi connectivity index (χ3v) is 4.77. The van der Waals surface area contributed by atoms with Crippen LogP contribution in [0.25, 0.3) is 5.57 Å². The molecule has 2 aromatic rings. The average molecular weight is 392 g/mol. The molecule has 0 amide bonds. The molecule has 3 rings (SSSR count). The van der Waals surface area contributed by atoms with Crippen LogP contribution in [-0.4, -0.2) is 23.6 Å². The van der Waals surface area contributed by atoms with E-state index >= 15 is 0 Å². The van der Waals surface area contributed by atoms with Crippen molar-refractivity contribution in [1.82, 2.24) is 0 Å². The third-order valence-electron chi connectivity index (χ3n) is 4.77. The molecule has 29 heavy (non-hydrogen) atoms. The maximum absolute atomic E-state index is 13.1. The van der Waals surface area contributed by atoms with Crippen LogP contribution in [-0.2, 0) is 9.53 Å². The highest BCUT2D eigenvalue weighted by Gasteiger charge is 2.35. The number of ketones is 2. The van der Waals surface area contributed by atoms with Crippen LogP contribution >= 0.6 is 0 Å². The molecule has 1 aliphatic rings. The first-order chi connectivity index (χ1) is 13.9. The van der Waals surface area contributed by atoms with E-state index in [4.69, 9.17) is 9.47 Å². The van der Waals surface area contributed by atoms with Gasteiger partial charge in [0, 0.05) is 18.1 Å².